The van der Waals surface area contributed by atoms with Crippen LogP contribution in [0.1, 0.15) is 115 Å². The topological polar surface area (TPSA) is 141 Å². The number of methoxy groups -OCH3 is 2. The van der Waals surface area contributed by atoms with Crippen LogP contribution in [-0.4, -0.2) is 107 Å². The number of amides is 4. The molecule has 2 aliphatic carbocycles. The van der Waals surface area contributed by atoms with E-state index in [9.17, 15) is 19.2 Å². The van der Waals surface area contributed by atoms with Crippen molar-refractivity contribution in [2.24, 2.45) is 0 Å². The number of hydrogen-bond acceptors (Lipinski definition) is 8. The SMILES string of the molecule is CCC.CCC.CCNc1ccc(-c2ccc(-c3ccc(NC[C@@H]4CCCN4C(=O)CNC(=O)OC)cc3)c3c2C2CCC3C2)cc1.COC.O=CNCC(=O)N1CCCC1. The molecular formula is C49H74N6O6. The molecule has 12 heteroatoms. The molecular weight excluding hydrogens is 769 g/mol. The molecule has 2 unspecified atom stereocenters. The van der Waals surface area contributed by atoms with Crippen LogP contribution in [0.5, 0.6) is 0 Å². The summed E-state index contributed by atoms with van der Waals surface area (Å²) in [5.41, 5.74) is 10.7. The number of alkyl carbamates (subject to hydrolysis) is 1. The number of likely N-dealkylation sites (tertiary alicyclic amines) is 2. The maximum Gasteiger partial charge on any atom is 0.407 e. The van der Waals surface area contributed by atoms with Crippen LogP contribution >= 0.6 is 0 Å². The third-order valence-corrected chi connectivity index (χ3v) is 10.9. The van der Waals surface area contributed by atoms with Crippen LogP contribution in [0.4, 0.5) is 16.2 Å². The molecule has 0 radical (unpaired) electrons. The zero-order chi connectivity index (χ0) is 44.6. The molecule has 2 bridgehead atoms. The standard InChI is InChI=1S/C34H40N4O3.C7H12N2O2.2C3H8.C2H6O/c1-3-35-26-12-8-22(9-13-26)29-16-17-30(33-25-7-6-24(19-25)32(29)33)23-10-14-27(15-11-23)36-20-28-5-4-18-38(28)31(39)21-37-34(40)41-2;10-6-8-5-7(11)9-3-1-2-4-9;3*1-3-2/h8-17,24-25,28,35-36H,3-7,18-21H2,1-2H3,(H,37,40);6H,1-5H2,(H,8,10);2*3H2,1-2H3;1-2H3/t24?,25?,28-;;;;/m0..../s1. The minimum Gasteiger partial charge on any atom is -0.453 e. The van der Waals surface area contributed by atoms with Crippen molar-refractivity contribution in [1.82, 2.24) is 20.4 Å². The molecule has 3 aromatic rings. The van der Waals surface area contributed by atoms with Crippen LogP contribution in [0.3, 0.4) is 0 Å². The quantitative estimate of drug-likeness (QED) is 0.133. The van der Waals surface area contributed by atoms with Crippen LogP contribution in [-0.2, 0) is 23.9 Å². The van der Waals surface area contributed by atoms with Crippen molar-refractivity contribution in [1.29, 1.82) is 0 Å². The van der Waals surface area contributed by atoms with E-state index < -0.39 is 6.09 Å². The summed E-state index contributed by atoms with van der Waals surface area (Å²) in [7, 11) is 4.55. The average Bonchev–Trinajstić information content (AvgIpc) is 4.13. The van der Waals surface area contributed by atoms with E-state index in [1.807, 2.05) is 4.90 Å². The molecule has 0 spiro atoms. The van der Waals surface area contributed by atoms with Gasteiger partial charge < -0.3 is 40.5 Å². The molecule has 4 amide bonds. The van der Waals surface area contributed by atoms with Crippen molar-refractivity contribution in [3.63, 3.8) is 0 Å². The number of carbonyl (C=O) groups is 4. The lowest BCUT2D eigenvalue weighted by molar-refractivity contribution is -0.131. The Morgan fingerprint density at radius 3 is 1.66 bits per heavy atom. The minimum atomic E-state index is -0.584. The summed E-state index contributed by atoms with van der Waals surface area (Å²) in [6.07, 6.45) is 10.4. The lowest BCUT2D eigenvalue weighted by Gasteiger charge is -2.25. The van der Waals surface area contributed by atoms with E-state index in [4.69, 9.17) is 0 Å². The van der Waals surface area contributed by atoms with E-state index in [2.05, 4.69) is 126 Å². The van der Waals surface area contributed by atoms with Crippen LogP contribution in [0.15, 0.2) is 60.7 Å². The van der Waals surface area contributed by atoms with Crippen LogP contribution in [0, 0.1) is 0 Å². The normalized spacial score (nSPS) is 17.7. The fourth-order valence-electron chi connectivity index (χ4n) is 8.41. The molecule has 3 atom stereocenters. The van der Waals surface area contributed by atoms with Gasteiger partial charge >= 0.3 is 6.09 Å². The predicted octanol–water partition coefficient (Wildman–Crippen LogP) is 9.03. The predicted molar refractivity (Wildman–Crippen MR) is 249 cm³/mol. The van der Waals surface area contributed by atoms with Gasteiger partial charge in [0.1, 0.15) is 6.54 Å². The molecule has 7 rings (SSSR count). The second kappa shape index (κ2) is 27.7. The zero-order valence-corrected chi connectivity index (χ0v) is 38.2. The summed E-state index contributed by atoms with van der Waals surface area (Å²) in [6.45, 7) is 14.8. The Morgan fingerprint density at radius 1 is 0.672 bits per heavy atom. The summed E-state index contributed by atoms with van der Waals surface area (Å²) < 4.78 is 8.83. The highest BCUT2D eigenvalue weighted by Crippen LogP contribution is 2.58. The molecule has 2 saturated heterocycles. The third kappa shape index (κ3) is 15.1. The Balaban J connectivity index is 0.000000413. The highest BCUT2D eigenvalue weighted by molar-refractivity contribution is 5.83. The van der Waals surface area contributed by atoms with Gasteiger partial charge in [-0.3, -0.25) is 14.4 Å². The lowest BCUT2D eigenvalue weighted by atomic mass is 9.81. The van der Waals surface area contributed by atoms with Crippen molar-refractivity contribution in [3.8, 4) is 22.3 Å². The number of nitrogens with zero attached hydrogens (tertiary/aromatic N) is 2. The molecule has 4 N–H and O–H groups in total. The van der Waals surface area contributed by atoms with Crippen molar-refractivity contribution >= 4 is 35.7 Å². The molecule has 336 valence electrons. The van der Waals surface area contributed by atoms with E-state index >= 15 is 0 Å². The Kier molecular flexibility index (Phi) is 22.8. The molecule has 2 heterocycles. The number of nitrogens with one attached hydrogen (secondary N) is 4. The van der Waals surface area contributed by atoms with Gasteiger partial charge in [-0.25, -0.2) is 4.79 Å². The van der Waals surface area contributed by atoms with Crippen LogP contribution in [0.2, 0.25) is 0 Å². The monoisotopic (exact) mass is 843 g/mol. The molecule has 4 aliphatic rings. The smallest absolute Gasteiger partial charge is 0.407 e. The number of fused-ring (bicyclic) bond motifs is 5. The molecule has 12 nitrogen and oxygen atoms in total. The first kappa shape index (κ1) is 50.3. The van der Waals surface area contributed by atoms with E-state index in [0.29, 0.717) is 24.8 Å². The summed E-state index contributed by atoms with van der Waals surface area (Å²) in [6, 6.07) is 22.5. The first-order valence-electron chi connectivity index (χ1n) is 22.5. The van der Waals surface area contributed by atoms with Gasteiger partial charge in [-0.15, -0.1) is 0 Å². The van der Waals surface area contributed by atoms with E-state index in [0.717, 1.165) is 57.5 Å². The second-order valence-electron chi connectivity index (χ2n) is 15.9. The third-order valence-electron chi connectivity index (χ3n) is 10.9. The van der Waals surface area contributed by atoms with E-state index in [-0.39, 0.29) is 30.9 Å². The highest BCUT2D eigenvalue weighted by Gasteiger charge is 2.40. The molecule has 61 heavy (non-hydrogen) atoms. The van der Waals surface area contributed by atoms with Crippen molar-refractivity contribution < 1.29 is 28.7 Å². The zero-order valence-electron chi connectivity index (χ0n) is 38.2. The van der Waals surface area contributed by atoms with Gasteiger partial charge in [0, 0.05) is 64.4 Å². The van der Waals surface area contributed by atoms with Gasteiger partial charge in [-0.2, -0.15) is 0 Å². The number of anilines is 2. The largest absolute Gasteiger partial charge is 0.453 e. The number of carbonyl (C=O) groups excluding carboxylic acids is 4. The van der Waals surface area contributed by atoms with Gasteiger partial charge in [-0.1, -0.05) is 76.9 Å². The summed E-state index contributed by atoms with van der Waals surface area (Å²) in [5, 5.41) is 11.8. The Labute approximate surface area is 365 Å². The van der Waals surface area contributed by atoms with Crippen molar-refractivity contribution in [3.05, 3.63) is 71.8 Å². The fraction of sp³-hybridized carbons (Fsp3) is 0.551. The first-order valence-corrected chi connectivity index (χ1v) is 22.5. The maximum atomic E-state index is 12.6. The Morgan fingerprint density at radius 2 is 1.18 bits per heavy atom. The van der Waals surface area contributed by atoms with Gasteiger partial charge in [0.25, 0.3) is 0 Å². The molecule has 0 aromatic heterocycles. The van der Waals surface area contributed by atoms with Gasteiger partial charge in [0.15, 0.2) is 0 Å². The fourth-order valence-corrected chi connectivity index (χ4v) is 8.41. The van der Waals surface area contributed by atoms with E-state index in [1.165, 1.54) is 67.2 Å². The highest BCUT2D eigenvalue weighted by atomic mass is 16.5. The molecule has 3 aromatic carbocycles. The van der Waals surface area contributed by atoms with Gasteiger partial charge in [0.05, 0.1) is 13.7 Å². The van der Waals surface area contributed by atoms with Gasteiger partial charge in [0.2, 0.25) is 18.2 Å². The van der Waals surface area contributed by atoms with Crippen molar-refractivity contribution in [2.45, 2.75) is 110 Å². The molecule has 1 saturated carbocycles. The average molecular weight is 843 g/mol. The second-order valence-corrected chi connectivity index (χ2v) is 15.9. The van der Waals surface area contributed by atoms with Crippen molar-refractivity contribution in [2.75, 3.05) is 77.8 Å². The first-order chi connectivity index (χ1) is 29.6. The molecule has 2 aliphatic heterocycles. The Hall–Kier alpha value is -5.10. The number of rotatable bonds is 12. The number of ether oxygens (including phenoxy) is 2. The summed E-state index contributed by atoms with van der Waals surface area (Å²) in [4.78, 5) is 48.6. The Bertz CT molecular complexity index is 1760. The van der Waals surface area contributed by atoms with E-state index in [1.54, 1.807) is 30.2 Å². The summed E-state index contributed by atoms with van der Waals surface area (Å²) in [5.74, 6) is 1.27. The minimum absolute atomic E-state index is 0.0228. The number of hydrogen-bond donors (Lipinski definition) is 4. The van der Waals surface area contributed by atoms with Gasteiger partial charge in [-0.05, 0) is 121 Å². The lowest BCUT2D eigenvalue weighted by Crippen LogP contribution is -2.44. The van der Waals surface area contributed by atoms with Crippen LogP contribution < -0.4 is 21.3 Å². The summed E-state index contributed by atoms with van der Waals surface area (Å²) >= 11 is 0. The molecule has 3 fully saturated rings. The number of benzene rings is 3. The maximum absolute atomic E-state index is 12.6. The van der Waals surface area contributed by atoms with Crippen LogP contribution in [0.25, 0.3) is 22.3 Å².